The molecule has 0 fully saturated rings. The molecular formula is C17H22N2O4. The van der Waals surface area contributed by atoms with Crippen molar-refractivity contribution in [1.29, 1.82) is 0 Å². The van der Waals surface area contributed by atoms with E-state index in [0.717, 1.165) is 11.3 Å². The lowest BCUT2D eigenvalue weighted by Crippen LogP contribution is -2.37. The molecule has 23 heavy (non-hydrogen) atoms. The van der Waals surface area contributed by atoms with Crippen LogP contribution in [0.25, 0.3) is 0 Å². The van der Waals surface area contributed by atoms with E-state index < -0.39 is 6.10 Å². The summed E-state index contributed by atoms with van der Waals surface area (Å²) >= 11 is 0. The lowest BCUT2D eigenvalue weighted by Gasteiger charge is -2.14. The summed E-state index contributed by atoms with van der Waals surface area (Å²) in [4.78, 5) is 11.6. The molecular weight excluding hydrogens is 296 g/mol. The predicted molar refractivity (Wildman–Crippen MR) is 86.6 cm³/mol. The second-order valence-corrected chi connectivity index (χ2v) is 5.17. The first-order valence-corrected chi connectivity index (χ1v) is 7.55. The summed E-state index contributed by atoms with van der Waals surface area (Å²) in [5.41, 5.74) is 1.04. The van der Waals surface area contributed by atoms with Crippen LogP contribution in [-0.2, 0) is 0 Å². The molecule has 1 aromatic carbocycles. The van der Waals surface area contributed by atoms with Crippen LogP contribution in [0.5, 0.6) is 5.75 Å². The van der Waals surface area contributed by atoms with Gasteiger partial charge in [-0.15, -0.1) is 0 Å². The van der Waals surface area contributed by atoms with E-state index in [1.807, 2.05) is 31.2 Å². The highest BCUT2D eigenvalue weighted by molar-refractivity contribution is 5.91. The third-order valence-corrected chi connectivity index (χ3v) is 3.24. The number of furan rings is 1. The highest BCUT2D eigenvalue weighted by Crippen LogP contribution is 2.16. The highest BCUT2D eigenvalue weighted by atomic mass is 16.5. The van der Waals surface area contributed by atoms with Crippen molar-refractivity contribution in [1.82, 2.24) is 10.6 Å². The Labute approximate surface area is 135 Å². The first-order chi connectivity index (χ1) is 11.2. The second kappa shape index (κ2) is 8.97. The number of rotatable bonds is 9. The molecule has 1 unspecified atom stereocenters. The molecule has 0 aliphatic carbocycles. The average Bonchev–Trinajstić information content (AvgIpc) is 3.08. The maximum atomic E-state index is 11.6. The highest BCUT2D eigenvalue weighted by Gasteiger charge is 2.08. The SMILES string of the molecule is Cc1ccccc1OCC(O)CNCCNC(=O)c1ccco1. The predicted octanol–water partition coefficient (Wildman–Crippen LogP) is 1.35. The minimum atomic E-state index is -0.615. The number of aliphatic hydroxyl groups is 1. The van der Waals surface area contributed by atoms with Gasteiger partial charge in [0, 0.05) is 19.6 Å². The van der Waals surface area contributed by atoms with Gasteiger partial charge in [-0.1, -0.05) is 18.2 Å². The number of aryl methyl sites for hydroxylation is 1. The third kappa shape index (κ3) is 5.77. The molecule has 2 rings (SSSR count). The number of benzene rings is 1. The quantitative estimate of drug-likeness (QED) is 0.608. The number of hydrogen-bond donors (Lipinski definition) is 3. The van der Waals surface area contributed by atoms with Gasteiger partial charge in [-0.25, -0.2) is 0 Å². The van der Waals surface area contributed by atoms with Crippen molar-refractivity contribution >= 4 is 5.91 Å². The number of para-hydroxylation sites is 1. The normalized spacial score (nSPS) is 11.9. The van der Waals surface area contributed by atoms with E-state index >= 15 is 0 Å². The Morgan fingerprint density at radius 1 is 1.26 bits per heavy atom. The monoisotopic (exact) mass is 318 g/mol. The van der Waals surface area contributed by atoms with Gasteiger partial charge < -0.3 is 24.9 Å². The van der Waals surface area contributed by atoms with E-state index in [2.05, 4.69) is 10.6 Å². The zero-order valence-electron chi connectivity index (χ0n) is 13.1. The Morgan fingerprint density at radius 3 is 2.83 bits per heavy atom. The summed E-state index contributed by atoms with van der Waals surface area (Å²) in [6.07, 6.45) is 0.841. The van der Waals surface area contributed by atoms with Crippen molar-refractivity contribution in [3.63, 3.8) is 0 Å². The van der Waals surface area contributed by atoms with Crippen LogP contribution in [0.2, 0.25) is 0 Å². The van der Waals surface area contributed by atoms with Crippen LogP contribution in [-0.4, -0.2) is 43.4 Å². The van der Waals surface area contributed by atoms with Gasteiger partial charge in [0.15, 0.2) is 5.76 Å². The van der Waals surface area contributed by atoms with Gasteiger partial charge in [-0.2, -0.15) is 0 Å². The minimum absolute atomic E-state index is 0.219. The molecule has 0 bridgehead atoms. The maximum Gasteiger partial charge on any atom is 0.287 e. The molecule has 124 valence electrons. The lowest BCUT2D eigenvalue weighted by atomic mass is 10.2. The van der Waals surface area contributed by atoms with Crippen LogP contribution < -0.4 is 15.4 Å². The molecule has 6 heteroatoms. The van der Waals surface area contributed by atoms with Crippen LogP contribution in [0.3, 0.4) is 0 Å². The molecule has 1 atom stereocenters. The molecule has 0 saturated carbocycles. The smallest absolute Gasteiger partial charge is 0.287 e. The Bertz CT molecular complexity index is 598. The van der Waals surface area contributed by atoms with Crippen molar-refractivity contribution in [2.45, 2.75) is 13.0 Å². The largest absolute Gasteiger partial charge is 0.491 e. The molecule has 0 aliphatic heterocycles. The number of carbonyl (C=O) groups is 1. The van der Waals surface area contributed by atoms with Gasteiger partial charge in [-0.05, 0) is 30.7 Å². The van der Waals surface area contributed by atoms with E-state index in [1.54, 1.807) is 12.1 Å². The topological polar surface area (TPSA) is 83.7 Å². The Hall–Kier alpha value is -2.31. The van der Waals surface area contributed by atoms with Crippen LogP contribution >= 0.6 is 0 Å². The number of carbonyl (C=O) groups excluding carboxylic acids is 1. The maximum absolute atomic E-state index is 11.6. The summed E-state index contributed by atoms with van der Waals surface area (Å²) in [6, 6.07) is 10.9. The molecule has 1 heterocycles. The molecule has 1 amide bonds. The van der Waals surface area contributed by atoms with Crippen molar-refractivity contribution in [3.8, 4) is 5.75 Å². The van der Waals surface area contributed by atoms with Gasteiger partial charge in [0.1, 0.15) is 18.5 Å². The second-order valence-electron chi connectivity index (χ2n) is 5.17. The first kappa shape index (κ1) is 17.1. The molecule has 2 aromatic rings. The number of aliphatic hydroxyl groups excluding tert-OH is 1. The molecule has 0 spiro atoms. The number of hydrogen-bond acceptors (Lipinski definition) is 5. The van der Waals surface area contributed by atoms with Gasteiger partial charge in [0.2, 0.25) is 0 Å². The van der Waals surface area contributed by atoms with Crippen LogP contribution in [0.4, 0.5) is 0 Å². The lowest BCUT2D eigenvalue weighted by molar-refractivity contribution is 0.0923. The van der Waals surface area contributed by atoms with Gasteiger partial charge >= 0.3 is 0 Å². The summed E-state index contributed by atoms with van der Waals surface area (Å²) in [7, 11) is 0. The standard InChI is InChI=1S/C17H22N2O4/c1-13-5-2-3-6-15(13)23-12-14(20)11-18-8-9-19-17(21)16-7-4-10-22-16/h2-7,10,14,18,20H,8-9,11-12H2,1H3,(H,19,21). The third-order valence-electron chi connectivity index (χ3n) is 3.24. The van der Waals surface area contributed by atoms with Gasteiger partial charge in [0.05, 0.1) is 6.26 Å². The molecule has 6 nitrogen and oxygen atoms in total. The zero-order valence-corrected chi connectivity index (χ0v) is 13.1. The Balaban J connectivity index is 1.55. The fourth-order valence-electron chi connectivity index (χ4n) is 1.99. The van der Waals surface area contributed by atoms with E-state index in [0.29, 0.717) is 19.6 Å². The molecule has 3 N–H and O–H groups in total. The zero-order chi connectivity index (χ0) is 16.5. The number of nitrogens with one attached hydrogen (secondary N) is 2. The fourth-order valence-corrected chi connectivity index (χ4v) is 1.99. The molecule has 0 radical (unpaired) electrons. The molecule has 0 aliphatic rings. The van der Waals surface area contributed by atoms with E-state index in [1.165, 1.54) is 6.26 Å². The molecule has 0 saturated heterocycles. The summed E-state index contributed by atoms with van der Waals surface area (Å²) in [5, 5.41) is 15.6. The van der Waals surface area contributed by atoms with Crippen molar-refractivity contribution in [2.75, 3.05) is 26.2 Å². The van der Waals surface area contributed by atoms with E-state index in [9.17, 15) is 9.90 Å². The van der Waals surface area contributed by atoms with E-state index in [4.69, 9.17) is 9.15 Å². The Kier molecular flexibility index (Phi) is 6.65. The minimum Gasteiger partial charge on any atom is -0.491 e. The van der Waals surface area contributed by atoms with Crippen molar-refractivity contribution < 1.29 is 19.1 Å². The Morgan fingerprint density at radius 2 is 2.09 bits per heavy atom. The average molecular weight is 318 g/mol. The van der Waals surface area contributed by atoms with Gasteiger partial charge in [-0.3, -0.25) is 4.79 Å². The summed E-state index contributed by atoms with van der Waals surface area (Å²) < 4.78 is 10.6. The molecule has 1 aromatic heterocycles. The van der Waals surface area contributed by atoms with Crippen LogP contribution in [0.1, 0.15) is 16.1 Å². The number of ether oxygens (including phenoxy) is 1. The van der Waals surface area contributed by atoms with Crippen LogP contribution in [0, 0.1) is 6.92 Å². The first-order valence-electron chi connectivity index (χ1n) is 7.55. The van der Waals surface area contributed by atoms with E-state index in [-0.39, 0.29) is 18.3 Å². The van der Waals surface area contributed by atoms with Gasteiger partial charge in [0.25, 0.3) is 5.91 Å². The fraction of sp³-hybridized carbons (Fsp3) is 0.353. The summed E-state index contributed by atoms with van der Waals surface area (Å²) in [6.45, 7) is 3.57. The van der Waals surface area contributed by atoms with Crippen molar-refractivity contribution in [3.05, 3.63) is 54.0 Å². The van der Waals surface area contributed by atoms with Crippen LogP contribution in [0.15, 0.2) is 47.1 Å². The van der Waals surface area contributed by atoms with Crippen molar-refractivity contribution in [2.24, 2.45) is 0 Å². The summed E-state index contributed by atoms with van der Waals surface area (Å²) in [5.74, 6) is 0.814. The number of amides is 1.